The lowest BCUT2D eigenvalue weighted by molar-refractivity contribution is 0.0101. The molecular weight excluding hydrogens is 411 g/mol. The van der Waals surface area contributed by atoms with E-state index in [4.69, 9.17) is 9.47 Å². The molecule has 170 valence electrons. The molecule has 1 saturated heterocycles. The zero-order chi connectivity index (χ0) is 22.5. The summed E-state index contributed by atoms with van der Waals surface area (Å²) in [6.45, 7) is 10.7. The van der Waals surface area contributed by atoms with Crippen LogP contribution in [0.5, 0.6) is 5.75 Å². The number of benzene rings is 1. The number of sulfone groups is 1. The fourth-order valence-corrected chi connectivity index (χ4v) is 4.03. The average Bonchev–Trinajstić information content (AvgIpc) is 2.61. The first-order chi connectivity index (χ1) is 13.8. The summed E-state index contributed by atoms with van der Waals surface area (Å²) in [5, 5.41) is 0. The zero-order valence-corrected chi connectivity index (χ0v) is 19.3. The Labute approximate surface area is 179 Å². The van der Waals surface area contributed by atoms with Gasteiger partial charge in [-0.2, -0.15) is 0 Å². The number of ether oxygens (including phenoxy) is 2. The predicted octanol–water partition coefficient (Wildman–Crippen LogP) is 3.08. The van der Waals surface area contributed by atoms with E-state index in [1.54, 1.807) is 11.0 Å². The first-order valence-electron chi connectivity index (χ1n) is 10.1. The van der Waals surface area contributed by atoms with Gasteiger partial charge in [0.25, 0.3) is 0 Å². The lowest BCUT2D eigenvalue weighted by Gasteiger charge is -2.38. The van der Waals surface area contributed by atoms with Crippen molar-refractivity contribution < 1.29 is 27.1 Å². The second kappa shape index (κ2) is 9.96. The number of amides is 1. The van der Waals surface area contributed by atoms with Crippen LogP contribution in [0.2, 0.25) is 0 Å². The SMILES string of the molecule is CC(CCOc1ccc(CS(C)(=O)=O)cc1F)N1CCN(C(=O)OC(C)(C)C)CC1. The molecule has 0 aromatic heterocycles. The predicted molar refractivity (Wildman–Crippen MR) is 114 cm³/mol. The summed E-state index contributed by atoms with van der Waals surface area (Å²) >= 11 is 0. The van der Waals surface area contributed by atoms with E-state index in [2.05, 4.69) is 11.8 Å². The summed E-state index contributed by atoms with van der Waals surface area (Å²) in [5.41, 5.74) is -0.101. The topological polar surface area (TPSA) is 76.2 Å². The van der Waals surface area contributed by atoms with Crippen molar-refractivity contribution in [2.24, 2.45) is 0 Å². The van der Waals surface area contributed by atoms with Gasteiger partial charge >= 0.3 is 6.09 Å². The lowest BCUT2D eigenvalue weighted by atomic mass is 10.2. The minimum absolute atomic E-state index is 0.120. The Balaban J connectivity index is 1.76. The van der Waals surface area contributed by atoms with Gasteiger partial charge in [0, 0.05) is 38.5 Å². The highest BCUT2D eigenvalue weighted by Crippen LogP contribution is 2.20. The second-order valence-corrected chi connectivity index (χ2v) is 11.0. The van der Waals surface area contributed by atoms with E-state index in [-0.39, 0.29) is 23.6 Å². The van der Waals surface area contributed by atoms with Gasteiger partial charge in [-0.05, 0) is 51.8 Å². The van der Waals surface area contributed by atoms with E-state index < -0.39 is 21.3 Å². The summed E-state index contributed by atoms with van der Waals surface area (Å²) in [5.74, 6) is -0.639. The van der Waals surface area contributed by atoms with Crippen molar-refractivity contribution in [3.8, 4) is 5.75 Å². The van der Waals surface area contributed by atoms with Gasteiger partial charge in [0.15, 0.2) is 21.4 Å². The quantitative estimate of drug-likeness (QED) is 0.643. The van der Waals surface area contributed by atoms with Crippen LogP contribution in [0.15, 0.2) is 18.2 Å². The number of hydrogen-bond acceptors (Lipinski definition) is 6. The normalized spacial score (nSPS) is 16.9. The van der Waals surface area contributed by atoms with Gasteiger partial charge in [0.05, 0.1) is 12.4 Å². The van der Waals surface area contributed by atoms with E-state index in [1.807, 2.05) is 20.8 Å². The van der Waals surface area contributed by atoms with E-state index in [0.717, 1.165) is 19.3 Å². The molecular formula is C21H33FN2O5S. The third-order valence-corrected chi connectivity index (χ3v) is 5.67. The maximum atomic E-state index is 14.2. The molecule has 1 unspecified atom stereocenters. The number of piperazine rings is 1. The monoisotopic (exact) mass is 444 g/mol. The minimum Gasteiger partial charge on any atom is -0.490 e. The smallest absolute Gasteiger partial charge is 0.410 e. The zero-order valence-electron chi connectivity index (χ0n) is 18.5. The molecule has 1 aliphatic heterocycles. The van der Waals surface area contributed by atoms with Crippen molar-refractivity contribution in [2.75, 3.05) is 39.0 Å². The van der Waals surface area contributed by atoms with Gasteiger partial charge in [-0.3, -0.25) is 4.90 Å². The summed E-state index contributed by atoms with van der Waals surface area (Å²) in [6.07, 6.45) is 1.54. The fraction of sp³-hybridized carbons (Fsp3) is 0.667. The Morgan fingerprint density at radius 3 is 2.37 bits per heavy atom. The number of carbonyl (C=O) groups is 1. The molecule has 1 fully saturated rings. The Kier molecular flexibility index (Phi) is 8.10. The molecule has 1 aliphatic rings. The van der Waals surface area contributed by atoms with Crippen molar-refractivity contribution in [1.82, 2.24) is 9.80 Å². The van der Waals surface area contributed by atoms with E-state index >= 15 is 0 Å². The molecule has 0 spiro atoms. The van der Waals surface area contributed by atoms with Crippen molar-refractivity contribution in [2.45, 2.75) is 51.5 Å². The molecule has 0 radical (unpaired) electrons. The van der Waals surface area contributed by atoms with Crippen LogP contribution in [-0.4, -0.2) is 75.0 Å². The van der Waals surface area contributed by atoms with Crippen molar-refractivity contribution >= 4 is 15.9 Å². The van der Waals surface area contributed by atoms with Crippen LogP contribution >= 0.6 is 0 Å². The molecule has 1 heterocycles. The summed E-state index contributed by atoms with van der Waals surface area (Å²) in [4.78, 5) is 16.1. The number of hydrogen-bond donors (Lipinski definition) is 0. The molecule has 1 aromatic carbocycles. The van der Waals surface area contributed by atoms with Crippen molar-refractivity contribution in [1.29, 1.82) is 0 Å². The van der Waals surface area contributed by atoms with Gasteiger partial charge in [0.2, 0.25) is 0 Å². The maximum absolute atomic E-state index is 14.2. The van der Waals surface area contributed by atoms with Crippen LogP contribution in [0.25, 0.3) is 0 Å². The first-order valence-corrected chi connectivity index (χ1v) is 12.2. The first kappa shape index (κ1) is 24.4. The van der Waals surface area contributed by atoms with Crippen LogP contribution in [0.4, 0.5) is 9.18 Å². The molecule has 30 heavy (non-hydrogen) atoms. The standard InChI is InChI=1S/C21H33FN2O5S/c1-16(23-9-11-24(12-10-23)20(25)29-21(2,3)4)8-13-28-19-7-6-17(14-18(19)22)15-30(5,26)27/h6-7,14,16H,8-13,15H2,1-5H3. The Morgan fingerprint density at radius 2 is 1.83 bits per heavy atom. The summed E-state index contributed by atoms with van der Waals surface area (Å²) in [7, 11) is -3.21. The third kappa shape index (κ3) is 8.10. The Bertz CT molecular complexity index is 830. The number of rotatable bonds is 7. The molecule has 1 aromatic rings. The van der Waals surface area contributed by atoms with Crippen LogP contribution in [-0.2, 0) is 20.3 Å². The van der Waals surface area contributed by atoms with Gasteiger partial charge in [0.1, 0.15) is 5.60 Å². The number of carbonyl (C=O) groups excluding carboxylic acids is 1. The van der Waals surface area contributed by atoms with E-state index in [1.165, 1.54) is 12.1 Å². The van der Waals surface area contributed by atoms with Crippen molar-refractivity contribution in [3.05, 3.63) is 29.6 Å². The molecule has 1 amide bonds. The highest BCUT2D eigenvalue weighted by atomic mass is 32.2. The number of halogens is 1. The van der Waals surface area contributed by atoms with Gasteiger partial charge in [-0.25, -0.2) is 17.6 Å². The summed E-state index contributed by atoms with van der Waals surface area (Å²) < 4.78 is 47.8. The minimum atomic E-state index is -3.21. The van der Waals surface area contributed by atoms with Crippen molar-refractivity contribution in [3.63, 3.8) is 0 Å². The second-order valence-electron chi connectivity index (χ2n) is 8.82. The van der Waals surface area contributed by atoms with E-state index in [9.17, 15) is 17.6 Å². The highest BCUT2D eigenvalue weighted by Gasteiger charge is 2.27. The molecule has 7 nitrogen and oxygen atoms in total. The van der Waals surface area contributed by atoms with Crippen LogP contribution in [0.3, 0.4) is 0 Å². The number of nitrogens with zero attached hydrogens (tertiary/aromatic N) is 2. The summed E-state index contributed by atoms with van der Waals surface area (Å²) in [6, 6.07) is 4.47. The molecule has 9 heteroatoms. The Hall–Kier alpha value is -1.87. The van der Waals surface area contributed by atoms with E-state index in [0.29, 0.717) is 31.7 Å². The van der Waals surface area contributed by atoms with Gasteiger partial charge < -0.3 is 14.4 Å². The highest BCUT2D eigenvalue weighted by molar-refractivity contribution is 7.89. The van der Waals surface area contributed by atoms with Gasteiger partial charge in [-0.15, -0.1) is 0 Å². The molecule has 0 N–H and O–H groups in total. The molecule has 2 rings (SSSR count). The van der Waals surface area contributed by atoms with Crippen LogP contribution in [0, 0.1) is 5.82 Å². The van der Waals surface area contributed by atoms with Crippen LogP contribution in [0.1, 0.15) is 39.7 Å². The molecule has 0 bridgehead atoms. The Morgan fingerprint density at radius 1 is 1.20 bits per heavy atom. The van der Waals surface area contributed by atoms with Crippen LogP contribution < -0.4 is 4.74 Å². The third-order valence-electron chi connectivity index (χ3n) is 4.81. The maximum Gasteiger partial charge on any atom is 0.410 e. The molecule has 0 saturated carbocycles. The molecule has 1 atom stereocenters. The largest absolute Gasteiger partial charge is 0.490 e. The fourth-order valence-electron chi connectivity index (χ4n) is 3.25. The molecule has 0 aliphatic carbocycles. The van der Waals surface area contributed by atoms with Gasteiger partial charge in [-0.1, -0.05) is 6.07 Å². The average molecular weight is 445 g/mol. The lowest BCUT2D eigenvalue weighted by Crippen LogP contribution is -2.52.